The molecule has 1 fully saturated rings. The first-order valence-electron chi connectivity index (χ1n) is 11.8. The first kappa shape index (κ1) is 23.5. The number of hydrogen-bond acceptors (Lipinski definition) is 6. The van der Waals surface area contributed by atoms with Crippen molar-refractivity contribution in [1.82, 2.24) is 0 Å². The highest BCUT2D eigenvalue weighted by Gasteiger charge is 2.28. The molecular weight excluding hydrogens is 430 g/mol. The number of nitrogens with one attached hydrogen (secondary N) is 1. The van der Waals surface area contributed by atoms with E-state index in [4.69, 9.17) is 4.74 Å². The van der Waals surface area contributed by atoms with Gasteiger partial charge in [0.15, 0.2) is 0 Å². The summed E-state index contributed by atoms with van der Waals surface area (Å²) in [5.74, 6) is 1.30. The van der Waals surface area contributed by atoms with Crippen LogP contribution in [0.4, 0.5) is 17.1 Å². The molecule has 1 N–H and O–H groups in total. The number of ether oxygens (including phenoxy) is 1. The Kier molecular flexibility index (Phi) is 7.01. The van der Waals surface area contributed by atoms with Gasteiger partial charge in [0, 0.05) is 37.4 Å². The van der Waals surface area contributed by atoms with Gasteiger partial charge in [0.25, 0.3) is 16.8 Å². The Balaban J connectivity index is 1.41. The van der Waals surface area contributed by atoms with Crippen LogP contribution in [-0.2, 0) is 6.54 Å². The molecule has 7 heteroatoms. The third-order valence-corrected chi connectivity index (χ3v) is 6.60. The van der Waals surface area contributed by atoms with Gasteiger partial charge in [-0.3, -0.25) is 14.4 Å². The molecule has 0 spiro atoms. The van der Waals surface area contributed by atoms with E-state index in [0.29, 0.717) is 35.9 Å². The van der Waals surface area contributed by atoms with Crippen molar-refractivity contribution in [3.8, 4) is 5.75 Å². The monoisotopic (exact) mass is 461 g/mol. The van der Waals surface area contributed by atoms with Gasteiger partial charge in [0.05, 0.1) is 7.11 Å². The Morgan fingerprint density at radius 1 is 1.03 bits per heavy atom. The molecule has 1 aliphatic rings. The fraction of sp³-hybridized carbons (Fsp3) is 0.370. The summed E-state index contributed by atoms with van der Waals surface area (Å²) in [6.07, 6.45) is 2.05. The highest BCUT2D eigenvalue weighted by atomic mass is 16.5. The number of methoxy groups -OCH3 is 1. The Bertz CT molecular complexity index is 1200. The molecule has 1 amide bonds. The standard InChI is InChI=1S/C27H31N3O4/c1-4-30(21-9-11-22(34-3)12-10-21)27(33)20-7-5-19(6-8-20)17-28-23-24(26(32)25(23)31)29-15-13-18(2)14-16-29/h5-12,18,28H,4,13-17H2,1-3H3. The molecular formula is C27H31N3O4. The van der Waals surface area contributed by atoms with E-state index >= 15 is 0 Å². The fourth-order valence-corrected chi connectivity index (χ4v) is 4.39. The number of rotatable bonds is 8. The van der Waals surface area contributed by atoms with Crippen LogP contribution in [0.25, 0.3) is 0 Å². The number of carbonyl (C=O) groups excluding carboxylic acids is 1. The summed E-state index contributed by atoms with van der Waals surface area (Å²) in [5, 5.41) is 3.15. The van der Waals surface area contributed by atoms with Crippen molar-refractivity contribution in [3.05, 3.63) is 80.1 Å². The molecule has 1 aliphatic heterocycles. The van der Waals surface area contributed by atoms with Crippen LogP contribution in [0.3, 0.4) is 0 Å². The van der Waals surface area contributed by atoms with Gasteiger partial charge in [-0.05, 0) is 67.6 Å². The number of amides is 1. The molecule has 178 valence electrons. The zero-order chi connectivity index (χ0) is 24.2. The Hall–Kier alpha value is -3.61. The van der Waals surface area contributed by atoms with Crippen molar-refractivity contribution >= 4 is 23.0 Å². The number of carbonyl (C=O) groups is 1. The van der Waals surface area contributed by atoms with E-state index in [2.05, 4.69) is 12.2 Å². The topological polar surface area (TPSA) is 79.0 Å². The second kappa shape index (κ2) is 10.1. The Labute approximate surface area is 199 Å². The Morgan fingerprint density at radius 2 is 1.68 bits per heavy atom. The molecule has 0 unspecified atom stereocenters. The molecule has 4 rings (SSSR count). The summed E-state index contributed by atoms with van der Waals surface area (Å²) in [5.41, 5.74) is 2.42. The average molecular weight is 462 g/mol. The van der Waals surface area contributed by atoms with Gasteiger partial charge in [0.1, 0.15) is 17.1 Å². The van der Waals surface area contributed by atoms with Crippen LogP contribution < -0.4 is 30.7 Å². The van der Waals surface area contributed by atoms with Crippen molar-refractivity contribution in [3.63, 3.8) is 0 Å². The maximum absolute atomic E-state index is 13.1. The number of piperidine rings is 1. The molecule has 0 aliphatic carbocycles. The molecule has 0 bridgehead atoms. The predicted molar refractivity (Wildman–Crippen MR) is 136 cm³/mol. The van der Waals surface area contributed by atoms with Crippen LogP contribution in [0.15, 0.2) is 58.1 Å². The van der Waals surface area contributed by atoms with E-state index < -0.39 is 10.9 Å². The third kappa shape index (κ3) is 4.69. The van der Waals surface area contributed by atoms with Crippen LogP contribution in [0.5, 0.6) is 5.75 Å². The normalized spacial score (nSPS) is 14.3. The van der Waals surface area contributed by atoms with Crippen LogP contribution in [0.1, 0.15) is 42.6 Å². The third-order valence-electron chi connectivity index (χ3n) is 6.60. The smallest absolute Gasteiger partial charge is 0.258 e. The van der Waals surface area contributed by atoms with Crippen LogP contribution in [-0.4, -0.2) is 32.7 Å². The predicted octanol–water partition coefficient (Wildman–Crippen LogP) is 3.81. The van der Waals surface area contributed by atoms with Gasteiger partial charge in [-0.1, -0.05) is 19.1 Å². The van der Waals surface area contributed by atoms with Crippen LogP contribution >= 0.6 is 0 Å². The van der Waals surface area contributed by atoms with Crippen molar-refractivity contribution in [2.24, 2.45) is 5.92 Å². The van der Waals surface area contributed by atoms with E-state index in [9.17, 15) is 14.4 Å². The molecule has 0 radical (unpaired) electrons. The van der Waals surface area contributed by atoms with Crippen LogP contribution in [0, 0.1) is 5.92 Å². The minimum atomic E-state index is -0.446. The molecule has 7 nitrogen and oxygen atoms in total. The average Bonchev–Trinajstić information content (AvgIpc) is 2.88. The minimum Gasteiger partial charge on any atom is -0.497 e. The van der Waals surface area contributed by atoms with E-state index in [1.165, 1.54) is 0 Å². The molecule has 0 saturated carbocycles. The van der Waals surface area contributed by atoms with Crippen molar-refractivity contribution in [2.45, 2.75) is 33.2 Å². The lowest BCUT2D eigenvalue weighted by atomic mass is 9.98. The maximum atomic E-state index is 13.1. The first-order valence-corrected chi connectivity index (χ1v) is 11.8. The number of nitrogens with zero attached hydrogens (tertiary/aromatic N) is 2. The molecule has 1 saturated heterocycles. The molecule has 3 aromatic rings. The second-order valence-corrected chi connectivity index (χ2v) is 8.85. The largest absolute Gasteiger partial charge is 0.497 e. The minimum absolute atomic E-state index is 0.0868. The van der Waals surface area contributed by atoms with Gasteiger partial charge in [-0.25, -0.2) is 0 Å². The van der Waals surface area contributed by atoms with E-state index in [1.54, 1.807) is 24.1 Å². The fourth-order valence-electron chi connectivity index (χ4n) is 4.39. The molecule has 1 heterocycles. The summed E-state index contributed by atoms with van der Waals surface area (Å²) >= 11 is 0. The van der Waals surface area contributed by atoms with Gasteiger partial charge in [0.2, 0.25) is 0 Å². The van der Waals surface area contributed by atoms with E-state index in [1.807, 2.05) is 48.2 Å². The zero-order valence-electron chi connectivity index (χ0n) is 20.0. The Morgan fingerprint density at radius 3 is 2.26 bits per heavy atom. The molecule has 0 atom stereocenters. The quantitative estimate of drug-likeness (QED) is 0.514. The van der Waals surface area contributed by atoms with Gasteiger partial charge in [-0.2, -0.15) is 0 Å². The summed E-state index contributed by atoms with van der Waals surface area (Å²) in [6.45, 7) is 6.71. The number of hydrogen-bond donors (Lipinski definition) is 1. The summed E-state index contributed by atoms with van der Waals surface area (Å²) in [7, 11) is 1.61. The van der Waals surface area contributed by atoms with Gasteiger partial charge < -0.3 is 19.9 Å². The van der Waals surface area contributed by atoms with Gasteiger partial charge in [-0.15, -0.1) is 0 Å². The zero-order valence-corrected chi connectivity index (χ0v) is 20.0. The number of anilines is 3. The van der Waals surface area contributed by atoms with Gasteiger partial charge >= 0.3 is 0 Å². The lowest BCUT2D eigenvalue weighted by Crippen LogP contribution is -2.45. The molecule has 34 heavy (non-hydrogen) atoms. The van der Waals surface area contributed by atoms with E-state index in [0.717, 1.165) is 42.9 Å². The summed E-state index contributed by atoms with van der Waals surface area (Å²) in [4.78, 5) is 41.2. The van der Waals surface area contributed by atoms with E-state index in [-0.39, 0.29) is 5.91 Å². The SMILES string of the molecule is CCN(C(=O)c1ccc(CNc2c(N3CCC(C)CC3)c(=O)c2=O)cc1)c1ccc(OC)cc1. The second-order valence-electron chi connectivity index (χ2n) is 8.85. The lowest BCUT2D eigenvalue weighted by Gasteiger charge is -2.33. The highest BCUT2D eigenvalue weighted by Crippen LogP contribution is 2.26. The maximum Gasteiger partial charge on any atom is 0.258 e. The first-order chi connectivity index (χ1) is 16.4. The van der Waals surface area contributed by atoms with Crippen LogP contribution in [0.2, 0.25) is 0 Å². The lowest BCUT2D eigenvalue weighted by molar-refractivity contribution is 0.0988. The van der Waals surface area contributed by atoms with Crippen molar-refractivity contribution < 1.29 is 9.53 Å². The summed E-state index contributed by atoms with van der Waals surface area (Å²) < 4.78 is 5.20. The van der Waals surface area contributed by atoms with Crippen molar-refractivity contribution in [2.75, 3.05) is 41.9 Å². The number of benzene rings is 2. The van der Waals surface area contributed by atoms with Crippen molar-refractivity contribution in [1.29, 1.82) is 0 Å². The molecule has 0 aromatic heterocycles. The molecule has 3 aromatic carbocycles. The highest BCUT2D eigenvalue weighted by molar-refractivity contribution is 6.06. The summed E-state index contributed by atoms with van der Waals surface area (Å²) in [6, 6.07) is 14.7.